The highest BCUT2D eigenvalue weighted by Crippen LogP contribution is 2.31. The molecule has 0 saturated heterocycles. The molecule has 0 unspecified atom stereocenters. The Labute approximate surface area is 203 Å². The van der Waals surface area contributed by atoms with Gasteiger partial charge in [-0.25, -0.2) is 4.68 Å². The zero-order valence-corrected chi connectivity index (χ0v) is 21.2. The van der Waals surface area contributed by atoms with E-state index in [9.17, 15) is 4.79 Å². The van der Waals surface area contributed by atoms with Crippen molar-refractivity contribution in [2.24, 2.45) is 5.92 Å². The largest absolute Gasteiger partial charge is 0.383 e. The third-order valence-corrected chi connectivity index (χ3v) is 6.92. The summed E-state index contributed by atoms with van der Waals surface area (Å²) >= 11 is 1.71. The van der Waals surface area contributed by atoms with Crippen LogP contribution in [0.5, 0.6) is 0 Å². The number of tetrazole rings is 1. The van der Waals surface area contributed by atoms with E-state index in [2.05, 4.69) is 69.8 Å². The maximum absolute atomic E-state index is 13.1. The highest BCUT2D eigenvalue weighted by Gasteiger charge is 2.30. The molecule has 0 amide bonds. The number of benzene rings is 1. The third-order valence-electron chi connectivity index (χ3n) is 6.06. The Kier molecular flexibility index (Phi) is 7.55. The number of ether oxygens (including phenoxy) is 1. The van der Waals surface area contributed by atoms with E-state index in [-0.39, 0.29) is 17.5 Å². The van der Waals surface area contributed by atoms with Gasteiger partial charge in [0.15, 0.2) is 5.82 Å². The molecule has 0 fully saturated rings. The van der Waals surface area contributed by atoms with Gasteiger partial charge in [0.05, 0.1) is 19.2 Å². The van der Waals surface area contributed by atoms with Gasteiger partial charge in [-0.2, -0.15) is 0 Å². The van der Waals surface area contributed by atoms with Gasteiger partial charge in [0.25, 0.3) is 5.56 Å². The SMILES string of the molecule is COCCn1nnnc1[C@H](C(C)C)N(Cc1cccs1)Cc1cc2c(C)cc(C)cc2[nH]c1=O. The molecular weight excluding hydrogens is 448 g/mol. The van der Waals surface area contributed by atoms with Crippen molar-refractivity contribution in [3.63, 3.8) is 0 Å². The van der Waals surface area contributed by atoms with Crippen molar-refractivity contribution >= 4 is 22.2 Å². The molecule has 8 nitrogen and oxygen atoms in total. The van der Waals surface area contributed by atoms with Crippen molar-refractivity contribution in [3.8, 4) is 0 Å². The van der Waals surface area contributed by atoms with E-state index in [1.54, 1.807) is 18.4 Å². The summed E-state index contributed by atoms with van der Waals surface area (Å²) in [5, 5.41) is 15.7. The van der Waals surface area contributed by atoms with Crippen molar-refractivity contribution in [1.29, 1.82) is 0 Å². The number of nitrogens with one attached hydrogen (secondary N) is 1. The molecular formula is C25H32N6O2S. The predicted octanol–water partition coefficient (Wildman–Crippen LogP) is 4.24. The Hall–Kier alpha value is -2.88. The summed E-state index contributed by atoms with van der Waals surface area (Å²) in [5.74, 6) is 1.00. The number of H-pyrrole nitrogens is 1. The van der Waals surface area contributed by atoms with Gasteiger partial charge in [0.2, 0.25) is 0 Å². The normalized spacial score (nSPS) is 12.8. The average molecular weight is 481 g/mol. The lowest BCUT2D eigenvalue weighted by Crippen LogP contribution is -2.35. The third kappa shape index (κ3) is 5.27. The number of fused-ring (bicyclic) bond motifs is 1. The molecule has 4 aromatic rings. The molecule has 1 N–H and O–H groups in total. The molecule has 4 rings (SSSR count). The zero-order valence-electron chi connectivity index (χ0n) is 20.4. The van der Waals surface area contributed by atoms with Crippen molar-refractivity contribution in [1.82, 2.24) is 30.1 Å². The number of nitrogens with zero attached hydrogens (tertiary/aromatic N) is 5. The smallest absolute Gasteiger partial charge is 0.252 e. The Morgan fingerprint density at radius 2 is 2.03 bits per heavy atom. The summed E-state index contributed by atoms with van der Waals surface area (Å²) < 4.78 is 7.07. The lowest BCUT2D eigenvalue weighted by molar-refractivity contribution is 0.122. The van der Waals surface area contributed by atoms with Gasteiger partial charge >= 0.3 is 0 Å². The first kappa shape index (κ1) is 24.3. The average Bonchev–Trinajstić information content (AvgIpc) is 3.45. The minimum atomic E-state index is -0.0804. The van der Waals surface area contributed by atoms with Gasteiger partial charge in [0, 0.05) is 41.5 Å². The summed E-state index contributed by atoms with van der Waals surface area (Å²) in [4.78, 5) is 19.8. The summed E-state index contributed by atoms with van der Waals surface area (Å²) in [5.41, 5.74) is 3.84. The number of aromatic nitrogens is 5. The van der Waals surface area contributed by atoms with Gasteiger partial charge in [-0.1, -0.05) is 26.0 Å². The molecule has 180 valence electrons. The van der Waals surface area contributed by atoms with Crippen LogP contribution < -0.4 is 5.56 Å². The number of hydrogen-bond donors (Lipinski definition) is 1. The van der Waals surface area contributed by atoms with Crippen LogP contribution in [0.1, 0.15) is 47.3 Å². The molecule has 0 saturated carbocycles. The van der Waals surface area contributed by atoms with E-state index in [4.69, 9.17) is 4.74 Å². The molecule has 1 aromatic carbocycles. The van der Waals surface area contributed by atoms with Crippen molar-refractivity contribution in [3.05, 3.63) is 73.5 Å². The van der Waals surface area contributed by atoms with E-state index >= 15 is 0 Å². The summed E-state index contributed by atoms with van der Waals surface area (Å²) in [6.45, 7) is 10.7. The number of rotatable bonds is 10. The second kappa shape index (κ2) is 10.6. The van der Waals surface area contributed by atoms with Crippen LogP contribution in [-0.4, -0.2) is 43.8 Å². The molecule has 0 radical (unpaired) electrons. The van der Waals surface area contributed by atoms with Crippen LogP contribution in [0.3, 0.4) is 0 Å². The highest BCUT2D eigenvalue weighted by molar-refractivity contribution is 7.09. The Morgan fingerprint density at radius 1 is 1.21 bits per heavy atom. The maximum Gasteiger partial charge on any atom is 0.252 e. The van der Waals surface area contributed by atoms with Gasteiger partial charge in [-0.15, -0.1) is 16.4 Å². The van der Waals surface area contributed by atoms with E-state index in [0.717, 1.165) is 33.4 Å². The number of methoxy groups -OCH3 is 1. The minimum Gasteiger partial charge on any atom is -0.383 e. The number of aromatic amines is 1. The standard InChI is InChI=1S/C25H32N6O2S/c1-16(2)23(24-27-28-29-31(24)8-9-33-5)30(15-20-7-6-10-34-20)14-19-13-21-18(4)11-17(3)12-22(21)26-25(19)32/h6-7,10-13,16,23H,8-9,14-15H2,1-5H3,(H,26,32)/t23-/m0/s1. The van der Waals surface area contributed by atoms with Crippen LogP contribution in [0.2, 0.25) is 0 Å². The van der Waals surface area contributed by atoms with Gasteiger partial charge in [-0.05, 0) is 64.9 Å². The molecule has 3 heterocycles. The molecule has 9 heteroatoms. The molecule has 0 spiro atoms. The number of aryl methyl sites for hydroxylation is 2. The van der Waals surface area contributed by atoms with Gasteiger partial charge in [-0.3, -0.25) is 9.69 Å². The Balaban J connectivity index is 1.76. The second-order valence-corrected chi connectivity index (χ2v) is 10.1. The summed E-state index contributed by atoms with van der Waals surface area (Å²) in [6, 6.07) is 10.3. The van der Waals surface area contributed by atoms with Crippen LogP contribution in [0.25, 0.3) is 10.9 Å². The summed E-state index contributed by atoms with van der Waals surface area (Å²) in [6.07, 6.45) is 0. The topological polar surface area (TPSA) is 88.9 Å². The molecule has 34 heavy (non-hydrogen) atoms. The van der Waals surface area contributed by atoms with E-state index in [0.29, 0.717) is 26.2 Å². The van der Waals surface area contributed by atoms with Crippen molar-refractivity contribution in [2.45, 2.75) is 53.4 Å². The van der Waals surface area contributed by atoms with Gasteiger partial charge in [0.1, 0.15) is 0 Å². The number of hydrogen-bond acceptors (Lipinski definition) is 7. The molecule has 0 bridgehead atoms. The fourth-order valence-electron chi connectivity index (χ4n) is 4.55. The van der Waals surface area contributed by atoms with Crippen LogP contribution in [0.4, 0.5) is 0 Å². The molecule has 1 atom stereocenters. The lowest BCUT2D eigenvalue weighted by atomic mass is 9.99. The highest BCUT2D eigenvalue weighted by atomic mass is 32.1. The minimum absolute atomic E-state index is 0.0600. The molecule has 0 aliphatic heterocycles. The van der Waals surface area contributed by atoms with Crippen LogP contribution in [0.15, 0.2) is 40.5 Å². The predicted molar refractivity (Wildman–Crippen MR) is 135 cm³/mol. The zero-order chi connectivity index (χ0) is 24.2. The Morgan fingerprint density at radius 3 is 2.74 bits per heavy atom. The monoisotopic (exact) mass is 480 g/mol. The fraction of sp³-hybridized carbons (Fsp3) is 0.440. The van der Waals surface area contributed by atoms with E-state index in [1.165, 1.54) is 4.88 Å². The fourth-order valence-corrected chi connectivity index (χ4v) is 5.28. The maximum atomic E-state index is 13.1. The first-order chi connectivity index (χ1) is 16.4. The first-order valence-electron chi connectivity index (χ1n) is 11.5. The molecule has 3 aromatic heterocycles. The van der Waals surface area contributed by atoms with Crippen molar-refractivity contribution in [2.75, 3.05) is 13.7 Å². The lowest BCUT2D eigenvalue weighted by Gasteiger charge is -2.33. The second-order valence-electron chi connectivity index (χ2n) is 9.09. The summed E-state index contributed by atoms with van der Waals surface area (Å²) in [7, 11) is 1.67. The van der Waals surface area contributed by atoms with Crippen LogP contribution in [0, 0.1) is 19.8 Å². The van der Waals surface area contributed by atoms with E-state index < -0.39 is 0 Å². The number of pyridine rings is 1. The van der Waals surface area contributed by atoms with Crippen molar-refractivity contribution < 1.29 is 4.74 Å². The quantitative estimate of drug-likeness (QED) is 0.365. The van der Waals surface area contributed by atoms with Gasteiger partial charge < -0.3 is 9.72 Å². The van der Waals surface area contributed by atoms with Crippen LogP contribution >= 0.6 is 11.3 Å². The van der Waals surface area contributed by atoms with Crippen LogP contribution in [-0.2, 0) is 24.4 Å². The Bertz CT molecular complexity index is 1290. The number of thiophene rings is 1. The molecule has 0 aliphatic rings. The van der Waals surface area contributed by atoms with E-state index in [1.807, 2.05) is 23.7 Å². The molecule has 0 aliphatic carbocycles. The first-order valence-corrected chi connectivity index (χ1v) is 12.4.